The van der Waals surface area contributed by atoms with Crippen molar-refractivity contribution < 1.29 is 9.53 Å². The van der Waals surface area contributed by atoms with Crippen LogP contribution in [-0.4, -0.2) is 41.6 Å². The maximum atomic E-state index is 12.3. The van der Waals surface area contributed by atoms with Crippen LogP contribution in [0.4, 0.5) is 5.69 Å². The Morgan fingerprint density at radius 1 is 1.38 bits per heavy atom. The molecule has 6 heteroatoms. The maximum absolute atomic E-state index is 12.3. The highest BCUT2D eigenvalue weighted by Crippen LogP contribution is 2.36. The number of thiophene rings is 1. The van der Waals surface area contributed by atoms with Crippen LogP contribution < -0.4 is 5.32 Å². The number of carbonyl (C=O) groups is 1. The molecule has 1 N–H and O–H groups in total. The number of carbonyl (C=O) groups excluding carboxylic acids is 1. The van der Waals surface area contributed by atoms with Crippen molar-refractivity contribution in [3.63, 3.8) is 0 Å². The molecule has 0 unspecified atom stereocenters. The van der Waals surface area contributed by atoms with Gasteiger partial charge in [-0.2, -0.15) is 0 Å². The molecule has 2 aromatic heterocycles. The molecule has 5 nitrogen and oxygen atoms in total. The first-order valence-corrected chi connectivity index (χ1v) is 9.22. The predicted octanol–water partition coefficient (Wildman–Crippen LogP) is 2.62. The third-order valence-corrected chi connectivity index (χ3v) is 5.73. The minimum absolute atomic E-state index is 0.0500. The van der Waals surface area contributed by atoms with Gasteiger partial charge >= 0.3 is 0 Å². The van der Waals surface area contributed by atoms with Gasteiger partial charge in [-0.05, 0) is 29.5 Å². The van der Waals surface area contributed by atoms with Crippen molar-refractivity contribution in [2.24, 2.45) is 11.8 Å². The van der Waals surface area contributed by atoms with Crippen LogP contribution in [0.5, 0.6) is 0 Å². The largest absolute Gasteiger partial charge is 0.376 e. The van der Waals surface area contributed by atoms with Gasteiger partial charge in [-0.1, -0.05) is 6.07 Å². The third kappa shape index (κ3) is 3.50. The van der Waals surface area contributed by atoms with E-state index in [4.69, 9.17) is 4.74 Å². The van der Waals surface area contributed by atoms with E-state index in [1.807, 2.05) is 12.1 Å². The Kier molecular flexibility index (Phi) is 4.60. The number of hydrogen-bond acceptors (Lipinski definition) is 5. The number of hydrogen-bond donors (Lipinski definition) is 1. The van der Waals surface area contributed by atoms with Gasteiger partial charge in [0.05, 0.1) is 24.6 Å². The minimum atomic E-state index is 0.0500. The monoisotopic (exact) mass is 343 g/mol. The van der Waals surface area contributed by atoms with E-state index in [0.717, 1.165) is 25.3 Å². The number of likely N-dealkylation sites (tertiary alicyclic amines) is 1. The molecule has 4 rings (SSSR count). The summed E-state index contributed by atoms with van der Waals surface area (Å²) in [5.41, 5.74) is 0.753. The zero-order chi connectivity index (χ0) is 16.4. The van der Waals surface area contributed by atoms with E-state index in [1.54, 1.807) is 23.7 Å². The van der Waals surface area contributed by atoms with Gasteiger partial charge in [-0.25, -0.2) is 0 Å². The lowest BCUT2D eigenvalue weighted by Gasteiger charge is -2.18. The molecule has 0 radical (unpaired) electrons. The van der Waals surface area contributed by atoms with Gasteiger partial charge in [0, 0.05) is 43.0 Å². The maximum Gasteiger partial charge on any atom is 0.224 e. The van der Waals surface area contributed by atoms with Crippen molar-refractivity contribution in [3.05, 3.63) is 46.9 Å². The predicted molar refractivity (Wildman–Crippen MR) is 93.8 cm³/mol. The average molecular weight is 343 g/mol. The van der Waals surface area contributed by atoms with E-state index in [0.29, 0.717) is 24.9 Å². The number of rotatable bonds is 5. The third-order valence-electron chi connectivity index (χ3n) is 4.87. The molecule has 24 heavy (non-hydrogen) atoms. The minimum Gasteiger partial charge on any atom is -0.376 e. The van der Waals surface area contributed by atoms with Gasteiger partial charge in [0.15, 0.2) is 0 Å². The topological polar surface area (TPSA) is 54.5 Å². The van der Waals surface area contributed by atoms with Crippen molar-refractivity contribution in [1.82, 2.24) is 9.88 Å². The highest BCUT2D eigenvalue weighted by Gasteiger charge is 2.44. The molecule has 0 spiro atoms. The Bertz CT molecular complexity index is 677. The van der Waals surface area contributed by atoms with Gasteiger partial charge in [0.2, 0.25) is 5.91 Å². The van der Waals surface area contributed by atoms with Crippen molar-refractivity contribution in [3.8, 4) is 0 Å². The van der Waals surface area contributed by atoms with Crippen LogP contribution in [0.15, 0.2) is 42.0 Å². The van der Waals surface area contributed by atoms with Crippen molar-refractivity contribution in [2.75, 3.05) is 25.0 Å². The van der Waals surface area contributed by atoms with Gasteiger partial charge in [-0.15, -0.1) is 11.3 Å². The summed E-state index contributed by atoms with van der Waals surface area (Å²) in [4.78, 5) is 20.2. The molecule has 2 aliphatic heterocycles. The van der Waals surface area contributed by atoms with Crippen LogP contribution in [-0.2, 0) is 16.1 Å². The molecular formula is C18H21N3O2S. The Balaban J connectivity index is 1.31. The van der Waals surface area contributed by atoms with E-state index in [-0.39, 0.29) is 12.0 Å². The highest BCUT2D eigenvalue weighted by atomic mass is 32.1. The number of ether oxygens (including phenoxy) is 1. The lowest BCUT2D eigenvalue weighted by molar-refractivity contribution is -0.117. The second-order valence-electron chi connectivity index (χ2n) is 6.56. The first kappa shape index (κ1) is 15.7. The van der Waals surface area contributed by atoms with Gasteiger partial charge in [0.25, 0.3) is 0 Å². The summed E-state index contributed by atoms with van der Waals surface area (Å²) in [7, 11) is 0. The van der Waals surface area contributed by atoms with E-state index >= 15 is 0 Å². The normalized spacial score (nSPS) is 26.4. The lowest BCUT2D eigenvalue weighted by atomic mass is 9.90. The van der Waals surface area contributed by atoms with Crippen LogP contribution in [0.3, 0.4) is 0 Å². The van der Waals surface area contributed by atoms with Gasteiger partial charge in [0.1, 0.15) is 0 Å². The number of aromatic nitrogens is 1. The highest BCUT2D eigenvalue weighted by molar-refractivity contribution is 7.09. The van der Waals surface area contributed by atoms with Crippen molar-refractivity contribution in [2.45, 2.75) is 19.1 Å². The molecule has 0 bridgehead atoms. The number of nitrogens with zero attached hydrogens (tertiary/aromatic N) is 2. The SMILES string of the molecule is O=C(C[C@@H]1CO[C@@H]2CN(Cc3cccs3)C[C@H]12)Nc1cccnc1. The second kappa shape index (κ2) is 7.01. The quantitative estimate of drug-likeness (QED) is 0.907. The van der Waals surface area contributed by atoms with E-state index in [9.17, 15) is 4.79 Å². The zero-order valence-corrected chi connectivity index (χ0v) is 14.2. The Hall–Kier alpha value is -1.76. The smallest absolute Gasteiger partial charge is 0.224 e. The van der Waals surface area contributed by atoms with Gasteiger partial charge < -0.3 is 10.1 Å². The molecule has 2 saturated heterocycles. The standard InChI is InChI=1S/C18H21N3O2S/c22-18(20-14-3-1-5-19-8-14)7-13-12-23-17-11-21(10-16(13)17)9-15-4-2-6-24-15/h1-6,8,13,16-17H,7,9-12H2,(H,20,22)/t13-,16-,17-/m1/s1. The molecule has 3 atom stereocenters. The Morgan fingerprint density at radius 2 is 2.33 bits per heavy atom. The molecule has 126 valence electrons. The number of anilines is 1. The lowest BCUT2D eigenvalue weighted by Crippen LogP contribution is -2.26. The van der Waals surface area contributed by atoms with Crippen LogP contribution in [0.2, 0.25) is 0 Å². The van der Waals surface area contributed by atoms with Crippen molar-refractivity contribution >= 4 is 22.9 Å². The molecule has 1 amide bonds. The van der Waals surface area contributed by atoms with E-state index in [2.05, 4.69) is 32.7 Å². The average Bonchev–Trinajstić information content (AvgIpc) is 3.28. The fourth-order valence-corrected chi connectivity index (χ4v) is 4.48. The van der Waals surface area contributed by atoms with Crippen LogP contribution >= 0.6 is 11.3 Å². The van der Waals surface area contributed by atoms with Crippen LogP contribution in [0.25, 0.3) is 0 Å². The molecule has 2 aromatic rings. The first-order chi connectivity index (χ1) is 11.8. The van der Waals surface area contributed by atoms with Crippen LogP contribution in [0.1, 0.15) is 11.3 Å². The van der Waals surface area contributed by atoms with E-state index in [1.165, 1.54) is 4.88 Å². The Labute approximate surface area is 145 Å². The molecule has 0 saturated carbocycles. The molecule has 4 heterocycles. The molecule has 2 fully saturated rings. The zero-order valence-electron chi connectivity index (χ0n) is 13.4. The van der Waals surface area contributed by atoms with Gasteiger partial charge in [-0.3, -0.25) is 14.7 Å². The molecule has 0 aliphatic carbocycles. The summed E-state index contributed by atoms with van der Waals surface area (Å²) in [5.74, 6) is 0.818. The first-order valence-electron chi connectivity index (χ1n) is 8.34. The summed E-state index contributed by atoms with van der Waals surface area (Å²) in [6, 6.07) is 7.96. The van der Waals surface area contributed by atoms with Crippen LogP contribution in [0, 0.1) is 11.8 Å². The number of nitrogens with one attached hydrogen (secondary N) is 1. The summed E-state index contributed by atoms with van der Waals surface area (Å²) in [6.07, 6.45) is 4.17. The summed E-state index contributed by atoms with van der Waals surface area (Å²) in [5, 5.41) is 5.05. The molecule has 0 aromatic carbocycles. The van der Waals surface area contributed by atoms with Crippen molar-refractivity contribution in [1.29, 1.82) is 0 Å². The number of fused-ring (bicyclic) bond motifs is 1. The number of pyridine rings is 1. The summed E-state index contributed by atoms with van der Waals surface area (Å²) >= 11 is 1.80. The molecular weight excluding hydrogens is 322 g/mol. The summed E-state index contributed by atoms with van der Waals surface area (Å²) < 4.78 is 5.96. The summed E-state index contributed by atoms with van der Waals surface area (Å²) in [6.45, 7) is 3.68. The molecule has 2 aliphatic rings. The fourth-order valence-electron chi connectivity index (χ4n) is 3.73. The fraction of sp³-hybridized carbons (Fsp3) is 0.444. The Morgan fingerprint density at radius 3 is 3.12 bits per heavy atom. The van der Waals surface area contributed by atoms with E-state index < -0.39 is 0 Å². The number of amides is 1. The second-order valence-corrected chi connectivity index (χ2v) is 7.60.